The minimum absolute atomic E-state index is 0.280. The van der Waals surface area contributed by atoms with Crippen LogP contribution in [0.4, 0.5) is 27.4 Å². The third-order valence-corrected chi connectivity index (χ3v) is 4.38. The molecule has 0 amide bonds. The van der Waals surface area contributed by atoms with Crippen molar-refractivity contribution in [3.63, 3.8) is 0 Å². The third-order valence-electron chi connectivity index (χ3n) is 4.38. The van der Waals surface area contributed by atoms with Gasteiger partial charge in [-0.1, -0.05) is 24.3 Å². The van der Waals surface area contributed by atoms with Gasteiger partial charge in [0.2, 0.25) is 0 Å². The fraction of sp³-hybridized carbons (Fsp3) is 0.200. The summed E-state index contributed by atoms with van der Waals surface area (Å²) in [5.41, 5.74) is 3.18. The largest absolute Gasteiger partial charge is 0.340 e. The van der Waals surface area contributed by atoms with E-state index in [4.69, 9.17) is 0 Å². The maximum absolute atomic E-state index is 13.4. The maximum atomic E-state index is 13.4. The van der Waals surface area contributed by atoms with E-state index in [1.165, 1.54) is 23.4 Å². The highest BCUT2D eigenvalue weighted by Gasteiger charge is 2.28. The van der Waals surface area contributed by atoms with Gasteiger partial charge in [0.15, 0.2) is 0 Å². The first-order chi connectivity index (χ1) is 12.1. The van der Waals surface area contributed by atoms with Crippen LogP contribution in [-0.2, 0) is 6.42 Å². The lowest BCUT2D eigenvalue weighted by Gasteiger charge is -2.24. The molecular formula is C20H19FN4. The second-order valence-electron chi connectivity index (χ2n) is 6.35. The summed E-state index contributed by atoms with van der Waals surface area (Å²) in [5, 5.41) is 3.17. The number of aryl methyl sites for hydroxylation is 1. The topological polar surface area (TPSA) is 41.1 Å². The number of nitrogens with one attached hydrogen (secondary N) is 1. The number of fused-ring (bicyclic) bond motifs is 1. The molecule has 1 atom stereocenters. The lowest BCUT2D eigenvalue weighted by Crippen LogP contribution is -2.25. The third kappa shape index (κ3) is 3.05. The molecule has 5 heteroatoms. The fourth-order valence-corrected chi connectivity index (χ4v) is 3.37. The van der Waals surface area contributed by atoms with Crippen LogP contribution in [0.3, 0.4) is 0 Å². The van der Waals surface area contributed by atoms with Crippen LogP contribution in [0.15, 0.2) is 54.6 Å². The monoisotopic (exact) mass is 334 g/mol. The predicted octanol–water partition coefficient (Wildman–Crippen LogP) is 4.75. The van der Waals surface area contributed by atoms with Crippen molar-refractivity contribution in [2.45, 2.75) is 26.3 Å². The maximum Gasteiger partial charge on any atom is 0.139 e. The normalized spacial score (nSPS) is 16.0. The molecule has 0 radical (unpaired) electrons. The lowest BCUT2D eigenvalue weighted by atomic mass is 10.1. The van der Waals surface area contributed by atoms with Gasteiger partial charge < -0.3 is 10.2 Å². The molecule has 0 spiro atoms. The Balaban J connectivity index is 1.71. The Morgan fingerprint density at radius 3 is 2.76 bits per heavy atom. The van der Waals surface area contributed by atoms with Crippen LogP contribution in [0.5, 0.6) is 0 Å². The molecule has 3 aromatic rings. The highest BCUT2D eigenvalue weighted by molar-refractivity contribution is 5.71. The van der Waals surface area contributed by atoms with Gasteiger partial charge in [0, 0.05) is 23.5 Å². The van der Waals surface area contributed by atoms with Gasteiger partial charge in [-0.15, -0.1) is 0 Å². The van der Waals surface area contributed by atoms with Gasteiger partial charge >= 0.3 is 0 Å². The molecule has 126 valence electrons. The molecular weight excluding hydrogens is 315 g/mol. The molecule has 0 saturated heterocycles. The van der Waals surface area contributed by atoms with Crippen molar-refractivity contribution in [3.8, 4) is 0 Å². The number of benzene rings is 2. The van der Waals surface area contributed by atoms with Gasteiger partial charge in [-0.3, -0.25) is 0 Å². The quantitative estimate of drug-likeness (QED) is 0.750. The Bertz CT molecular complexity index is 925. The molecule has 2 aromatic carbocycles. The van der Waals surface area contributed by atoms with Gasteiger partial charge in [-0.25, -0.2) is 14.4 Å². The van der Waals surface area contributed by atoms with Gasteiger partial charge in [-0.2, -0.15) is 0 Å². The van der Waals surface area contributed by atoms with E-state index in [1.54, 1.807) is 6.07 Å². The van der Waals surface area contributed by atoms with Crippen molar-refractivity contribution < 1.29 is 4.39 Å². The Morgan fingerprint density at radius 2 is 1.92 bits per heavy atom. The molecule has 2 heterocycles. The van der Waals surface area contributed by atoms with E-state index in [2.05, 4.69) is 45.3 Å². The van der Waals surface area contributed by atoms with Gasteiger partial charge in [0.05, 0.1) is 0 Å². The van der Waals surface area contributed by atoms with Crippen LogP contribution in [0, 0.1) is 12.7 Å². The number of halogens is 1. The predicted molar refractivity (Wildman–Crippen MR) is 98.2 cm³/mol. The van der Waals surface area contributed by atoms with Gasteiger partial charge in [0.25, 0.3) is 0 Å². The standard InChI is InChI=1S/C20H19FN4/c1-13-10-15-6-3-4-9-18(15)25(13)20-12-19(22-14(2)23-20)24-17-8-5-7-16(21)11-17/h3-9,11-13H,10H2,1-2H3,(H,22,23,24). The highest BCUT2D eigenvalue weighted by atomic mass is 19.1. The summed E-state index contributed by atoms with van der Waals surface area (Å²) in [6.07, 6.45) is 0.992. The number of nitrogens with zero attached hydrogens (tertiary/aromatic N) is 3. The van der Waals surface area contributed by atoms with Crippen molar-refractivity contribution >= 4 is 23.0 Å². The number of hydrogen-bond donors (Lipinski definition) is 1. The molecule has 4 nitrogen and oxygen atoms in total. The molecule has 4 rings (SSSR count). The summed E-state index contributed by atoms with van der Waals surface area (Å²) in [6.45, 7) is 4.06. The summed E-state index contributed by atoms with van der Waals surface area (Å²) >= 11 is 0. The van der Waals surface area contributed by atoms with E-state index >= 15 is 0 Å². The zero-order chi connectivity index (χ0) is 17.4. The Kier molecular flexibility index (Phi) is 3.84. The Morgan fingerprint density at radius 1 is 1.08 bits per heavy atom. The van der Waals surface area contributed by atoms with E-state index in [0.717, 1.165) is 12.2 Å². The van der Waals surface area contributed by atoms with E-state index in [9.17, 15) is 4.39 Å². The van der Waals surface area contributed by atoms with Gasteiger partial charge in [-0.05, 0) is 50.1 Å². The average Bonchev–Trinajstić information content (AvgIpc) is 2.90. The van der Waals surface area contributed by atoms with Gasteiger partial charge in [0.1, 0.15) is 23.3 Å². The van der Waals surface area contributed by atoms with Crippen LogP contribution in [-0.4, -0.2) is 16.0 Å². The number of rotatable bonds is 3. The van der Waals surface area contributed by atoms with Crippen molar-refractivity contribution in [2.24, 2.45) is 0 Å². The van der Waals surface area contributed by atoms with Crippen LogP contribution in [0.25, 0.3) is 0 Å². The SMILES string of the molecule is Cc1nc(Nc2cccc(F)c2)cc(N2c3ccccc3CC2C)n1. The Labute approximate surface area is 146 Å². The molecule has 1 unspecified atom stereocenters. The summed E-state index contributed by atoms with van der Waals surface area (Å²) in [7, 11) is 0. The van der Waals surface area contributed by atoms with Crippen molar-refractivity contribution in [3.05, 3.63) is 71.8 Å². The second kappa shape index (κ2) is 6.16. The number of anilines is 4. The second-order valence-corrected chi connectivity index (χ2v) is 6.35. The number of hydrogen-bond acceptors (Lipinski definition) is 4. The van der Waals surface area contributed by atoms with E-state index < -0.39 is 0 Å². The zero-order valence-electron chi connectivity index (χ0n) is 14.2. The molecule has 0 fully saturated rings. The van der Waals surface area contributed by atoms with Crippen LogP contribution in [0.1, 0.15) is 18.3 Å². The summed E-state index contributed by atoms with van der Waals surface area (Å²) in [4.78, 5) is 11.3. The molecule has 1 aliphatic rings. The summed E-state index contributed by atoms with van der Waals surface area (Å²) < 4.78 is 13.4. The van der Waals surface area contributed by atoms with Crippen molar-refractivity contribution in [2.75, 3.05) is 10.2 Å². The Hall–Kier alpha value is -2.95. The van der Waals surface area contributed by atoms with Crippen LogP contribution < -0.4 is 10.2 Å². The van der Waals surface area contributed by atoms with Crippen LogP contribution >= 0.6 is 0 Å². The molecule has 1 aliphatic heterocycles. The zero-order valence-corrected chi connectivity index (χ0v) is 14.2. The first-order valence-corrected chi connectivity index (χ1v) is 8.35. The average molecular weight is 334 g/mol. The molecule has 25 heavy (non-hydrogen) atoms. The summed E-state index contributed by atoms with van der Waals surface area (Å²) in [6, 6.07) is 17.0. The molecule has 0 saturated carbocycles. The number of aromatic nitrogens is 2. The molecule has 1 N–H and O–H groups in total. The van der Waals surface area contributed by atoms with Crippen LogP contribution in [0.2, 0.25) is 0 Å². The smallest absolute Gasteiger partial charge is 0.139 e. The minimum Gasteiger partial charge on any atom is -0.340 e. The first kappa shape index (κ1) is 15.6. The number of para-hydroxylation sites is 1. The van der Waals surface area contributed by atoms with Crippen molar-refractivity contribution in [1.29, 1.82) is 0 Å². The minimum atomic E-state index is -0.280. The van der Waals surface area contributed by atoms with E-state index in [0.29, 0.717) is 23.4 Å². The fourth-order valence-electron chi connectivity index (χ4n) is 3.37. The van der Waals surface area contributed by atoms with Crippen molar-refractivity contribution in [1.82, 2.24) is 9.97 Å². The first-order valence-electron chi connectivity index (χ1n) is 8.35. The molecule has 0 aliphatic carbocycles. The molecule has 0 bridgehead atoms. The van der Waals surface area contributed by atoms with E-state index in [1.807, 2.05) is 25.1 Å². The van der Waals surface area contributed by atoms with E-state index in [-0.39, 0.29) is 5.82 Å². The summed E-state index contributed by atoms with van der Waals surface area (Å²) in [5.74, 6) is 1.90. The lowest BCUT2D eigenvalue weighted by molar-refractivity contribution is 0.628. The highest BCUT2D eigenvalue weighted by Crippen LogP contribution is 2.37. The molecule has 1 aromatic heterocycles.